The Morgan fingerprint density at radius 1 is 1.33 bits per heavy atom. The van der Waals surface area contributed by atoms with E-state index >= 15 is 0 Å². The Labute approximate surface area is 142 Å². The van der Waals surface area contributed by atoms with Crippen LogP contribution in [-0.4, -0.2) is 6.54 Å². The normalized spacial score (nSPS) is 15.2. The van der Waals surface area contributed by atoms with Crippen LogP contribution in [0.1, 0.15) is 41.0 Å². The van der Waals surface area contributed by atoms with Crippen LogP contribution in [0.4, 0.5) is 0 Å². The molecule has 0 radical (unpaired) electrons. The predicted molar refractivity (Wildman–Crippen MR) is 92.1 cm³/mol. The Morgan fingerprint density at radius 3 is 2.86 bits per heavy atom. The largest absolute Gasteiger partial charge is 0.372 e. The van der Waals surface area contributed by atoms with E-state index < -0.39 is 0 Å². The molecule has 5 heteroatoms. The van der Waals surface area contributed by atoms with Gasteiger partial charge in [-0.15, -0.1) is 11.3 Å². The van der Waals surface area contributed by atoms with Crippen molar-refractivity contribution < 1.29 is 4.74 Å². The summed E-state index contributed by atoms with van der Waals surface area (Å²) < 4.78 is 6.51. The zero-order valence-corrected chi connectivity index (χ0v) is 14.9. The van der Waals surface area contributed by atoms with E-state index in [2.05, 4.69) is 46.4 Å². The summed E-state index contributed by atoms with van der Waals surface area (Å²) in [5.41, 5.74) is 3.88. The molecule has 1 atom stereocenters. The Kier molecular flexibility index (Phi) is 5.02. The highest BCUT2D eigenvalue weighted by atomic mass is 79.9. The summed E-state index contributed by atoms with van der Waals surface area (Å²) in [4.78, 5) is 1.24. The van der Waals surface area contributed by atoms with Crippen LogP contribution in [-0.2, 0) is 18.0 Å². The zero-order chi connectivity index (χ0) is 14.8. The molecule has 0 amide bonds. The number of ether oxygens (including phenoxy) is 1. The monoisotopic (exact) mass is 385 g/mol. The Balaban J connectivity index is 1.95. The second-order valence-corrected chi connectivity index (χ2v) is 7.99. The molecule has 3 rings (SSSR count). The van der Waals surface area contributed by atoms with Crippen LogP contribution in [0.2, 0.25) is 5.02 Å². The molecule has 1 aromatic heterocycles. The number of hydrogen-bond acceptors (Lipinski definition) is 3. The van der Waals surface area contributed by atoms with Crippen LogP contribution in [0.5, 0.6) is 0 Å². The topological polar surface area (TPSA) is 21.3 Å². The number of fused-ring (bicyclic) bond motifs is 1. The van der Waals surface area contributed by atoms with Crippen molar-refractivity contribution in [1.29, 1.82) is 0 Å². The van der Waals surface area contributed by atoms with Gasteiger partial charge in [0.25, 0.3) is 0 Å². The summed E-state index contributed by atoms with van der Waals surface area (Å²) in [5, 5.41) is 4.40. The number of nitrogens with one attached hydrogen (secondary N) is 1. The summed E-state index contributed by atoms with van der Waals surface area (Å²) in [7, 11) is 0. The van der Waals surface area contributed by atoms with Crippen LogP contribution < -0.4 is 5.32 Å². The molecule has 0 saturated carbocycles. The lowest BCUT2D eigenvalue weighted by atomic mass is 10.00. The van der Waals surface area contributed by atoms with E-state index in [-0.39, 0.29) is 6.04 Å². The molecule has 0 fully saturated rings. The summed E-state index contributed by atoms with van der Waals surface area (Å²) >= 11 is 11.4. The minimum Gasteiger partial charge on any atom is -0.372 e. The van der Waals surface area contributed by atoms with Crippen molar-refractivity contribution in [3.05, 3.63) is 54.6 Å². The van der Waals surface area contributed by atoms with Crippen molar-refractivity contribution in [1.82, 2.24) is 5.32 Å². The first-order valence-electron chi connectivity index (χ1n) is 7.06. The maximum atomic E-state index is 6.20. The smallest absolute Gasteiger partial charge is 0.0888 e. The third-order valence-electron chi connectivity index (χ3n) is 3.63. The minimum absolute atomic E-state index is 0.185. The van der Waals surface area contributed by atoms with E-state index in [4.69, 9.17) is 16.3 Å². The van der Waals surface area contributed by atoms with E-state index in [1.54, 1.807) is 11.3 Å². The lowest BCUT2D eigenvalue weighted by Gasteiger charge is -2.18. The number of rotatable bonds is 5. The van der Waals surface area contributed by atoms with Crippen molar-refractivity contribution in [3.8, 4) is 0 Å². The summed E-state index contributed by atoms with van der Waals surface area (Å²) in [6, 6.07) is 8.87. The van der Waals surface area contributed by atoms with Gasteiger partial charge in [0, 0.05) is 4.88 Å². The maximum absolute atomic E-state index is 6.20. The fourth-order valence-electron chi connectivity index (χ4n) is 2.55. The highest BCUT2D eigenvalue weighted by molar-refractivity contribution is 9.11. The highest BCUT2D eigenvalue weighted by Crippen LogP contribution is 2.38. The minimum atomic E-state index is 0.185. The average Bonchev–Trinajstić information content (AvgIpc) is 3.06. The lowest BCUT2D eigenvalue weighted by molar-refractivity contribution is 0.134. The van der Waals surface area contributed by atoms with Gasteiger partial charge in [0.15, 0.2) is 0 Å². The third kappa shape index (κ3) is 3.35. The molecule has 1 aromatic carbocycles. The maximum Gasteiger partial charge on any atom is 0.0888 e. The fourth-order valence-corrected chi connectivity index (χ4v) is 4.40. The van der Waals surface area contributed by atoms with E-state index in [0.717, 1.165) is 35.0 Å². The van der Waals surface area contributed by atoms with Gasteiger partial charge in [0.05, 0.1) is 28.1 Å². The predicted octanol–water partition coefficient (Wildman–Crippen LogP) is 5.28. The third-order valence-corrected chi connectivity index (χ3v) is 6.17. The number of halogens is 2. The van der Waals surface area contributed by atoms with Crippen LogP contribution >= 0.6 is 38.9 Å². The van der Waals surface area contributed by atoms with Gasteiger partial charge in [-0.05, 0) is 51.7 Å². The van der Waals surface area contributed by atoms with E-state index in [0.29, 0.717) is 0 Å². The second kappa shape index (κ2) is 6.80. The molecule has 21 heavy (non-hydrogen) atoms. The Bertz CT molecular complexity index is 624. The molecule has 1 unspecified atom stereocenters. The van der Waals surface area contributed by atoms with E-state index in [9.17, 15) is 0 Å². The van der Waals surface area contributed by atoms with Crippen LogP contribution in [0.25, 0.3) is 0 Å². The van der Waals surface area contributed by atoms with Crippen LogP contribution in [0.3, 0.4) is 0 Å². The molecule has 0 spiro atoms. The highest BCUT2D eigenvalue weighted by Gasteiger charge is 2.20. The van der Waals surface area contributed by atoms with Gasteiger partial charge in [0.1, 0.15) is 0 Å². The zero-order valence-electron chi connectivity index (χ0n) is 11.8. The van der Waals surface area contributed by atoms with E-state index in [1.165, 1.54) is 21.6 Å². The molecule has 0 saturated heterocycles. The molecule has 2 nitrogen and oxygen atoms in total. The molecule has 112 valence electrons. The second-order valence-electron chi connectivity index (χ2n) is 5.18. The van der Waals surface area contributed by atoms with Gasteiger partial charge in [-0.2, -0.15) is 0 Å². The molecule has 2 heterocycles. The van der Waals surface area contributed by atoms with Crippen LogP contribution in [0, 0.1) is 0 Å². The first-order chi connectivity index (χ1) is 10.2. The van der Waals surface area contributed by atoms with Gasteiger partial charge in [-0.1, -0.05) is 36.7 Å². The Hall–Kier alpha value is -0.390. The summed E-state index contributed by atoms with van der Waals surface area (Å²) in [5.74, 6) is 0. The van der Waals surface area contributed by atoms with Gasteiger partial charge >= 0.3 is 0 Å². The van der Waals surface area contributed by atoms with Crippen molar-refractivity contribution in [2.24, 2.45) is 0 Å². The molecule has 1 aliphatic heterocycles. The number of benzene rings is 1. The molecule has 0 bridgehead atoms. The average molecular weight is 387 g/mol. The van der Waals surface area contributed by atoms with E-state index in [1.807, 2.05) is 6.07 Å². The van der Waals surface area contributed by atoms with Crippen molar-refractivity contribution >= 4 is 38.9 Å². The van der Waals surface area contributed by atoms with Gasteiger partial charge in [-0.3, -0.25) is 0 Å². The lowest BCUT2D eigenvalue weighted by Crippen LogP contribution is -2.22. The first-order valence-corrected chi connectivity index (χ1v) is 9.05. The molecule has 0 aliphatic carbocycles. The summed E-state index contributed by atoms with van der Waals surface area (Å²) in [6.45, 7) is 4.61. The van der Waals surface area contributed by atoms with Crippen molar-refractivity contribution in [3.63, 3.8) is 0 Å². The summed E-state index contributed by atoms with van der Waals surface area (Å²) in [6.07, 6.45) is 1.10. The van der Waals surface area contributed by atoms with Gasteiger partial charge in [-0.25, -0.2) is 0 Å². The first kappa shape index (κ1) is 15.5. The molecular weight excluding hydrogens is 370 g/mol. The van der Waals surface area contributed by atoms with Crippen LogP contribution in [0.15, 0.2) is 28.1 Å². The van der Waals surface area contributed by atoms with Gasteiger partial charge < -0.3 is 10.1 Å². The quantitative estimate of drug-likeness (QED) is 0.754. The van der Waals surface area contributed by atoms with Crippen molar-refractivity contribution in [2.75, 3.05) is 6.54 Å². The number of thiophene rings is 1. The molecule has 1 aliphatic rings. The van der Waals surface area contributed by atoms with Crippen molar-refractivity contribution in [2.45, 2.75) is 32.6 Å². The molecule has 1 N–H and O–H groups in total. The van der Waals surface area contributed by atoms with Gasteiger partial charge in [0.2, 0.25) is 0 Å². The number of hydrogen-bond donors (Lipinski definition) is 1. The molecular formula is C16H17BrClNOS. The SMILES string of the molecule is CCCNC(c1ccc2c(c1)COC2)c1cc(Cl)c(Br)s1. The fraction of sp³-hybridized carbons (Fsp3) is 0.375. The molecule has 2 aromatic rings. The Morgan fingerprint density at radius 2 is 2.14 bits per heavy atom. The standard InChI is InChI=1S/C16H17BrClNOS/c1-2-5-19-15(14-7-13(18)16(17)21-14)10-3-4-11-8-20-9-12(11)6-10/h3-4,6-7,15,19H,2,5,8-9H2,1H3.